The van der Waals surface area contributed by atoms with Gasteiger partial charge in [0.1, 0.15) is 22.2 Å². The van der Waals surface area contributed by atoms with Crippen molar-refractivity contribution >= 4 is 40.3 Å². The van der Waals surface area contributed by atoms with Crippen LogP contribution in [0.15, 0.2) is 36.8 Å². The number of benzene rings is 1. The van der Waals surface area contributed by atoms with Crippen LogP contribution in [0, 0.1) is 12.7 Å². The molecule has 4 aromatic rings. The number of pyridine rings is 1. The van der Waals surface area contributed by atoms with Gasteiger partial charge >= 0.3 is 0 Å². The average molecular weight is 494 g/mol. The number of imidazole rings is 1. The normalized spacial score (nSPS) is 12.5. The fourth-order valence-electron chi connectivity index (χ4n) is 3.73. The number of fused-ring (bicyclic) bond motifs is 1. The van der Waals surface area contributed by atoms with Gasteiger partial charge in [0.25, 0.3) is 0 Å². The number of rotatable bonds is 5. The summed E-state index contributed by atoms with van der Waals surface area (Å²) in [5.41, 5.74) is 2.89. The molecule has 0 saturated heterocycles. The van der Waals surface area contributed by atoms with Crippen molar-refractivity contribution < 1.29 is 9.13 Å². The molecule has 0 N–H and O–H groups in total. The molecule has 9 heteroatoms. The Morgan fingerprint density at radius 2 is 1.84 bits per heavy atom. The van der Waals surface area contributed by atoms with Crippen molar-refractivity contribution in [2.75, 3.05) is 0 Å². The van der Waals surface area contributed by atoms with Gasteiger partial charge in [-0.2, -0.15) is 0 Å². The first-order chi connectivity index (χ1) is 15.2. The topological polar surface area (TPSA) is 52.3 Å². The van der Waals surface area contributed by atoms with E-state index in [1.165, 1.54) is 6.20 Å². The highest BCUT2D eigenvalue weighted by Gasteiger charge is 2.27. The van der Waals surface area contributed by atoms with E-state index in [9.17, 15) is 0 Å². The van der Waals surface area contributed by atoms with Crippen LogP contribution >= 0.6 is 34.8 Å². The molecule has 0 amide bonds. The molecular weight excluding hydrogens is 474 g/mol. The molecule has 0 aliphatic heterocycles. The van der Waals surface area contributed by atoms with Crippen LogP contribution < -0.4 is 4.74 Å². The average Bonchev–Trinajstić information content (AvgIpc) is 3.09. The van der Waals surface area contributed by atoms with Crippen LogP contribution in [0.2, 0.25) is 15.3 Å². The van der Waals surface area contributed by atoms with Gasteiger partial charge in [0.05, 0.1) is 22.4 Å². The van der Waals surface area contributed by atoms with Crippen molar-refractivity contribution in [3.8, 4) is 16.9 Å². The lowest BCUT2D eigenvalue weighted by molar-refractivity contribution is 0.239. The first-order valence-corrected chi connectivity index (χ1v) is 11.1. The lowest BCUT2D eigenvalue weighted by atomic mass is 9.93. The molecule has 32 heavy (non-hydrogen) atoms. The Morgan fingerprint density at radius 3 is 2.50 bits per heavy atom. The van der Waals surface area contributed by atoms with E-state index in [1.54, 1.807) is 30.6 Å². The van der Waals surface area contributed by atoms with E-state index in [0.717, 1.165) is 11.2 Å². The Morgan fingerprint density at radius 1 is 1.09 bits per heavy atom. The first kappa shape index (κ1) is 22.8. The first-order valence-electron chi connectivity index (χ1n) is 9.98. The van der Waals surface area contributed by atoms with Crippen molar-refractivity contribution in [3.05, 3.63) is 75.0 Å². The minimum atomic E-state index is -0.584. The summed E-state index contributed by atoms with van der Waals surface area (Å²) in [4.78, 5) is 13.0. The molecular formula is C23H20Cl3FN4O. The Balaban J connectivity index is 1.98. The van der Waals surface area contributed by atoms with E-state index in [2.05, 4.69) is 9.97 Å². The number of nitrogens with zero attached hydrogens (tertiary/aromatic N) is 4. The second-order valence-corrected chi connectivity index (χ2v) is 8.87. The van der Waals surface area contributed by atoms with Gasteiger partial charge in [0.15, 0.2) is 11.0 Å². The molecule has 3 aromatic heterocycles. The van der Waals surface area contributed by atoms with E-state index in [0.29, 0.717) is 33.0 Å². The van der Waals surface area contributed by atoms with Gasteiger partial charge in [-0.05, 0) is 39.0 Å². The molecule has 4 rings (SSSR count). The Bertz CT molecular complexity index is 1310. The lowest BCUT2D eigenvalue weighted by Crippen LogP contribution is -2.13. The van der Waals surface area contributed by atoms with Gasteiger partial charge in [-0.15, -0.1) is 0 Å². The van der Waals surface area contributed by atoms with E-state index in [-0.39, 0.29) is 22.6 Å². The van der Waals surface area contributed by atoms with Crippen LogP contribution in [0.25, 0.3) is 16.6 Å². The molecule has 0 saturated carbocycles. The zero-order chi connectivity index (χ0) is 23.2. The third kappa shape index (κ3) is 4.03. The second-order valence-electron chi connectivity index (χ2n) is 7.72. The van der Waals surface area contributed by atoms with E-state index in [1.807, 2.05) is 32.1 Å². The fourth-order valence-corrected chi connectivity index (χ4v) is 4.34. The van der Waals surface area contributed by atoms with E-state index in [4.69, 9.17) is 44.5 Å². The van der Waals surface area contributed by atoms with Gasteiger partial charge in [0.2, 0.25) is 0 Å². The molecule has 0 aliphatic rings. The molecule has 0 aliphatic carbocycles. The molecule has 0 spiro atoms. The minimum Gasteiger partial charge on any atom is -0.490 e. The van der Waals surface area contributed by atoms with E-state index < -0.39 is 5.82 Å². The van der Waals surface area contributed by atoms with Gasteiger partial charge in [-0.25, -0.2) is 19.3 Å². The highest BCUT2D eigenvalue weighted by atomic mass is 35.5. The van der Waals surface area contributed by atoms with Crippen molar-refractivity contribution in [1.82, 2.24) is 19.4 Å². The maximum Gasteiger partial charge on any atom is 0.154 e. The van der Waals surface area contributed by atoms with Crippen LogP contribution in [0.1, 0.15) is 43.8 Å². The fraction of sp³-hybridized carbons (Fsp3) is 0.261. The Hall–Kier alpha value is -2.41. The summed E-state index contributed by atoms with van der Waals surface area (Å²) in [6.45, 7) is 7.59. The van der Waals surface area contributed by atoms with Crippen molar-refractivity contribution in [2.45, 2.75) is 39.7 Å². The smallest absolute Gasteiger partial charge is 0.154 e. The molecule has 0 radical (unpaired) electrons. The zero-order valence-electron chi connectivity index (χ0n) is 17.8. The predicted molar refractivity (Wildman–Crippen MR) is 126 cm³/mol. The number of aryl methyl sites for hydroxylation is 1. The lowest BCUT2D eigenvalue weighted by Gasteiger charge is -2.23. The Labute approximate surface area is 200 Å². The van der Waals surface area contributed by atoms with Crippen LogP contribution in [0.5, 0.6) is 5.75 Å². The number of hydrogen-bond donors (Lipinski definition) is 0. The van der Waals surface area contributed by atoms with E-state index >= 15 is 4.39 Å². The summed E-state index contributed by atoms with van der Waals surface area (Å²) in [5.74, 6) is 0.200. The van der Waals surface area contributed by atoms with Crippen LogP contribution in [0.3, 0.4) is 0 Å². The van der Waals surface area contributed by atoms with Gasteiger partial charge < -0.3 is 4.74 Å². The second kappa shape index (κ2) is 8.85. The molecule has 1 atom stereocenters. The van der Waals surface area contributed by atoms with Crippen molar-refractivity contribution in [1.29, 1.82) is 0 Å². The van der Waals surface area contributed by atoms with Gasteiger partial charge in [-0.1, -0.05) is 41.7 Å². The maximum atomic E-state index is 15.3. The third-order valence-electron chi connectivity index (χ3n) is 5.14. The van der Waals surface area contributed by atoms with Crippen molar-refractivity contribution in [2.24, 2.45) is 0 Å². The van der Waals surface area contributed by atoms with Crippen molar-refractivity contribution in [3.63, 3.8) is 0 Å². The number of halogens is 4. The van der Waals surface area contributed by atoms with Crippen LogP contribution in [0.4, 0.5) is 4.39 Å². The SMILES string of the molecule is Cc1nc(C(C)c2cc(Cl)c(F)c(-c3ccc(Cl)nc3)c2OC(C)C)n2ccnc(Cl)c12. The summed E-state index contributed by atoms with van der Waals surface area (Å²) in [6.07, 6.45) is 4.70. The summed E-state index contributed by atoms with van der Waals surface area (Å²) in [6, 6.07) is 4.87. The monoisotopic (exact) mass is 492 g/mol. The molecule has 3 heterocycles. The number of hydrogen-bond acceptors (Lipinski definition) is 4. The summed E-state index contributed by atoms with van der Waals surface area (Å²) >= 11 is 18.6. The molecule has 0 fully saturated rings. The predicted octanol–water partition coefficient (Wildman–Crippen LogP) is 7.14. The summed E-state index contributed by atoms with van der Waals surface area (Å²) in [5, 5.41) is 0.644. The van der Waals surface area contributed by atoms with Crippen LogP contribution in [-0.2, 0) is 0 Å². The van der Waals surface area contributed by atoms with Gasteiger partial charge in [-0.3, -0.25) is 4.40 Å². The summed E-state index contributed by atoms with van der Waals surface area (Å²) in [7, 11) is 0. The van der Waals surface area contributed by atoms with Gasteiger partial charge in [0, 0.05) is 35.6 Å². The number of aromatic nitrogens is 4. The minimum absolute atomic E-state index is 0.0230. The largest absolute Gasteiger partial charge is 0.490 e. The molecule has 166 valence electrons. The standard InChI is InChI=1S/C23H20Cl3FN4O/c1-11(2)32-21-15(9-16(24)19(27)18(21)14-5-6-17(25)29-10-14)12(3)23-30-13(4)20-22(26)28-7-8-31(20)23/h5-12H,1-4H3. The van der Waals surface area contributed by atoms with Crippen LogP contribution in [-0.4, -0.2) is 25.5 Å². The zero-order valence-corrected chi connectivity index (χ0v) is 20.1. The quantitative estimate of drug-likeness (QED) is 0.277. The molecule has 5 nitrogen and oxygen atoms in total. The molecule has 1 aromatic carbocycles. The molecule has 1 unspecified atom stereocenters. The number of ether oxygens (including phenoxy) is 1. The summed E-state index contributed by atoms with van der Waals surface area (Å²) < 4.78 is 23.4. The molecule has 0 bridgehead atoms. The highest BCUT2D eigenvalue weighted by molar-refractivity contribution is 6.32. The third-order valence-corrected chi connectivity index (χ3v) is 5.91. The Kier molecular flexibility index (Phi) is 6.30. The highest BCUT2D eigenvalue weighted by Crippen LogP contribution is 2.44. The maximum absolute atomic E-state index is 15.3.